The van der Waals surface area contributed by atoms with E-state index in [2.05, 4.69) is 80.5 Å². The monoisotopic (exact) mass is 442 g/mol. The van der Waals surface area contributed by atoms with Crippen molar-refractivity contribution in [3.63, 3.8) is 0 Å². The lowest BCUT2D eigenvalue weighted by Gasteiger charge is -1.95. The summed E-state index contributed by atoms with van der Waals surface area (Å²) in [6, 6.07) is 0. The van der Waals surface area contributed by atoms with E-state index in [4.69, 9.17) is 10.2 Å². The number of ether oxygens (including phenoxy) is 1. The van der Waals surface area contributed by atoms with Crippen LogP contribution in [-0.4, -0.2) is 67.6 Å². The molecular weight excluding hydrogens is 425 g/mol. The second kappa shape index (κ2) is 18.7. The Bertz CT molecular complexity index is 345. The minimum Gasteiger partial charge on any atom is -0.480 e. The molecule has 0 radical (unpaired) electrons. The second-order valence-electron chi connectivity index (χ2n) is 3.35. The molecule has 0 spiro atoms. The van der Waals surface area contributed by atoms with Crippen LogP contribution in [0.3, 0.4) is 0 Å². The van der Waals surface area contributed by atoms with Crippen molar-refractivity contribution in [2.75, 3.05) is 24.7 Å². The first-order valence-electron chi connectivity index (χ1n) is 5.54. The molecule has 0 fully saturated rings. The summed E-state index contributed by atoms with van der Waals surface area (Å²) in [6.07, 6.45) is 0. The number of carboxylic acids is 2. The van der Waals surface area contributed by atoms with E-state index < -0.39 is 32.7 Å². The lowest BCUT2D eigenvalue weighted by atomic mass is 10.5. The molecule has 0 saturated carbocycles. The minimum atomic E-state index is -0.918. The molecule has 0 rings (SSSR count). The molecule has 13 heteroatoms. The molecular formula is C10H18O7S6. The molecule has 2 unspecified atom stereocenters. The molecule has 0 aromatic heterocycles. The van der Waals surface area contributed by atoms with Crippen molar-refractivity contribution in [3.8, 4) is 0 Å². The topological polar surface area (TPSA) is 118 Å². The van der Waals surface area contributed by atoms with Crippen LogP contribution in [0.5, 0.6) is 0 Å². The maximum Gasteiger partial charge on any atom is 0.317 e. The zero-order valence-corrected chi connectivity index (χ0v) is 17.0. The number of thiol groups is 6. The zero-order chi connectivity index (χ0) is 19.0. The molecule has 0 bridgehead atoms. The predicted molar refractivity (Wildman–Crippen MR) is 107 cm³/mol. The molecule has 0 amide bonds. The van der Waals surface area contributed by atoms with Crippen LogP contribution in [0.2, 0.25) is 0 Å². The van der Waals surface area contributed by atoms with Gasteiger partial charge in [0, 0.05) is 11.5 Å². The zero-order valence-electron chi connectivity index (χ0n) is 11.6. The number of hydrogen-bond acceptors (Lipinski definition) is 9. The van der Waals surface area contributed by atoms with E-state index in [1.54, 1.807) is 0 Å². The number of carbonyl (C=O) groups excluding carboxylic acids is 2. The molecule has 0 aromatic rings. The van der Waals surface area contributed by atoms with Crippen molar-refractivity contribution in [3.05, 3.63) is 0 Å². The van der Waals surface area contributed by atoms with Gasteiger partial charge in [-0.3, -0.25) is 19.2 Å². The van der Waals surface area contributed by atoms with E-state index >= 15 is 0 Å². The van der Waals surface area contributed by atoms with Crippen molar-refractivity contribution in [1.29, 1.82) is 0 Å². The summed E-state index contributed by atoms with van der Waals surface area (Å²) in [5.41, 5.74) is 0. The van der Waals surface area contributed by atoms with Crippen molar-refractivity contribution in [2.24, 2.45) is 0 Å². The normalized spacial score (nSPS) is 11.7. The predicted octanol–water partition coefficient (Wildman–Crippen LogP) is 0.514. The summed E-state index contributed by atoms with van der Waals surface area (Å²) in [5.74, 6) is -1.28. The number of hydrogen-bond donors (Lipinski definition) is 8. The van der Waals surface area contributed by atoms with Gasteiger partial charge >= 0.3 is 11.9 Å². The summed E-state index contributed by atoms with van der Waals surface area (Å²) in [4.78, 5) is 39.7. The maximum atomic E-state index is 10.0. The average Bonchev–Trinajstić information content (AvgIpc) is 2.45. The molecule has 0 aliphatic carbocycles. The SMILES string of the molecule is O=C(O)C(S)CS.O=C(O)C(S)CS.O=C(S)COCC(=O)S. The Morgan fingerprint density at radius 3 is 1.13 bits per heavy atom. The van der Waals surface area contributed by atoms with Crippen molar-refractivity contribution >= 4 is 97.9 Å². The molecule has 0 aromatic carbocycles. The molecule has 136 valence electrons. The van der Waals surface area contributed by atoms with E-state index in [0.29, 0.717) is 0 Å². The molecule has 0 aliphatic rings. The highest BCUT2D eigenvalue weighted by Gasteiger charge is 2.07. The van der Waals surface area contributed by atoms with Gasteiger partial charge in [0.05, 0.1) is 0 Å². The molecule has 23 heavy (non-hydrogen) atoms. The third-order valence-electron chi connectivity index (χ3n) is 1.37. The fourth-order valence-corrected chi connectivity index (χ4v) is 0.877. The standard InChI is InChI=1S/C4H6O3S2.2C3H6O2S2/c5-3(8)1-7-2-4(6)9;2*4-3(5)2(7)1-6/h1-2H2,(H,5,8)(H,6,9);2*2,6-7H,1H2,(H,4,5). The van der Waals surface area contributed by atoms with Gasteiger partial charge in [-0.1, -0.05) is 0 Å². The number of aliphatic carboxylic acids is 2. The smallest absolute Gasteiger partial charge is 0.317 e. The first kappa shape index (κ1) is 28.2. The van der Waals surface area contributed by atoms with E-state index in [1.165, 1.54) is 0 Å². The first-order valence-corrected chi connectivity index (χ1v) is 8.73. The van der Waals surface area contributed by atoms with Crippen LogP contribution in [-0.2, 0) is 23.9 Å². The highest BCUT2D eigenvalue weighted by atomic mass is 32.1. The molecule has 0 heterocycles. The Kier molecular flexibility index (Phi) is 22.9. The fraction of sp³-hybridized carbons (Fsp3) is 0.600. The van der Waals surface area contributed by atoms with Gasteiger partial charge in [0.2, 0.25) is 10.2 Å². The molecule has 2 atom stereocenters. The van der Waals surface area contributed by atoms with Crippen LogP contribution in [0, 0.1) is 0 Å². The second-order valence-corrected chi connectivity index (χ2v) is 6.33. The average molecular weight is 443 g/mol. The largest absolute Gasteiger partial charge is 0.480 e. The molecule has 2 N–H and O–H groups in total. The van der Waals surface area contributed by atoms with Gasteiger partial charge in [-0.2, -0.15) is 50.5 Å². The first-order chi connectivity index (χ1) is 10.5. The van der Waals surface area contributed by atoms with Crippen LogP contribution in [0.4, 0.5) is 0 Å². The Morgan fingerprint density at radius 2 is 1.04 bits per heavy atom. The van der Waals surface area contributed by atoms with Gasteiger partial charge in [-0.25, -0.2) is 0 Å². The Labute approximate surface area is 166 Å². The number of carbonyl (C=O) groups is 4. The fourth-order valence-electron chi connectivity index (χ4n) is 0.382. The lowest BCUT2D eigenvalue weighted by molar-refractivity contribution is -0.136. The van der Waals surface area contributed by atoms with E-state index in [-0.39, 0.29) is 24.7 Å². The Balaban J connectivity index is -0.000000264. The summed E-state index contributed by atoms with van der Waals surface area (Å²) in [6.45, 7) is -0.287. The van der Waals surface area contributed by atoms with Crippen molar-refractivity contribution < 1.29 is 34.1 Å². The number of rotatable bonds is 8. The summed E-state index contributed by atoms with van der Waals surface area (Å²) >= 11 is 21.5. The summed E-state index contributed by atoms with van der Waals surface area (Å²) in [7, 11) is 0. The van der Waals surface area contributed by atoms with Crippen molar-refractivity contribution in [1.82, 2.24) is 0 Å². The van der Waals surface area contributed by atoms with Gasteiger partial charge in [-0.15, -0.1) is 25.3 Å². The lowest BCUT2D eigenvalue weighted by Crippen LogP contribution is -2.14. The van der Waals surface area contributed by atoms with Crippen LogP contribution in [0.25, 0.3) is 0 Å². The van der Waals surface area contributed by atoms with Gasteiger partial charge in [0.25, 0.3) is 0 Å². The van der Waals surface area contributed by atoms with Crippen LogP contribution in [0.15, 0.2) is 0 Å². The third kappa shape index (κ3) is 27.5. The molecule has 0 saturated heterocycles. The van der Waals surface area contributed by atoms with Gasteiger partial charge in [0.15, 0.2) is 0 Å². The van der Waals surface area contributed by atoms with Gasteiger partial charge < -0.3 is 14.9 Å². The van der Waals surface area contributed by atoms with Gasteiger partial charge in [0.1, 0.15) is 23.7 Å². The molecule has 0 aliphatic heterocycles. The molecule has 7 nitrogen and oxygen atoms in total. The van der Waals surface area contributed by atoms with E-state index in [1.807, 2.05) is 0 Å². The Morgan fingerprint density at radius 1 is 0.783 bits per heavy atom. The summed E-state index contributed by atoms with van der Waals surface area (Å²) in [5, 5.41) is 14.1. The Hall–Kier alpha value is 0.340. The van der Waals surface area contributed by atoms with Crippen LogP contribution >= 0.6 is 75.8 Å². The van der Waals surface area contributed by atoms with Crippen LogP contribution in [0.1, 0.15) is 0 Å². The maximum absolute atomic E-state index is 10.0. The quantitative estimate of drug-likeness (QED) is 0.258. The number of carboxylic acid groups (broad SMARTS) is 2. The highest BCUT2D eigenvalue weighted by molar-refractivity contribution is 7.97. The third-order valence-corrected chi connectivity index (χ3v) is 3.74. The minimum absolute atomic E-state index is 0.143. The summed E-state index contributed by atoms with van der Waals surface area (Å²) < 4.78 is 4.50. The van der Waals surface area contributed by atoms with E-state index in [9.17, 15) is 19.2 Å². The van der Waals surface area contributed by atoms with E-state index in [0.717, 1.165) is 0 Å². The van der Waals surface area contributed by atoms with Gasteiger partial charge in [-0.05, 0) is 0 Å². The van der Waals surface area contributed by atoms with Crippen LogP contribution < -0.4 is 0 Å². The van der Waals surface area contributed by atoms with Crippen molar-refractivity contribution in [2.45, 2.75) is 10.5 Å². The highest BCUT2D eigenvalue weighted by Crippen LogP contribution is 1.95.